The van der Waals surface area contributed by atoms with Crippen molar-refractivity contribution in [2.75, 3.05) is 0 Å². The molecule has 3 aromatic rings. The Kier molecular flexibility index (Phi) is 2.93. The monoisotopic (exact) mass is 253 g/mol. The van der Waals surface area contributed by atoms with E-state index in [1.165, 1.54) is 12.1 Å². The molecule has 0 radical (unpaired) electrons. The molecule has 3 nitrogen and oxygen atoms in total. The fourth-order valence-corrected chi connectivity index (χ4v) is 2.07. The summed E-state index contributed by atoms with van der Waals surface area (Å²) in [5.41, 5.74) is 9.39. The van der Waals surface area contributed by atoms with Crippen molar-refractivity contribution in [1.82, 2.24) is 9.97 Å². The van der Waals surface area contributed by atoms with Crippen LogP contribution in [0.1, 0.15) is 17.2 Å². The quantitative estimate of drug-likeness (QED) is 0.764. The van der Waals surface area contributed by atoms with Crippen molar-refractivity contribution in [3.8, 4) is 0 Å². The van der Waals surface area contributed by atoms with Crippen LogP contribution in [-0.2, 0) is 0 Å². The van der Waals surface area contributed by atoms with Crippen LogP contribution in [0.4, 0.5) is 4.39 Å². The maximum atomic E-state index is 13.2. The highest BCUT2D eigenvalue weighted by atomic mass is 19.1. The third-order valence-electron chi connectivity index (χ3n) is 3.06. The van der Waals surface area contributed by atoms with Crippen molar-refractivity contribution >= 4 is 11.0 Å². The Morgan fingerprint density at radius 1 is 0.895 bits per heavy atom. The number of nitrogens with zero attached hydrogens (tertiary/aromatic N) is 2. The fraction of sp³-hybridized carbons (Fsp3) is 0.0667. The number of rotatable bonds is 2. The Labute approximate surface area is 109 Å². The lowest BCUT2D eigenvalue weighted by atomic mass is 9.99. The van der Waals surface area contributed by atoms with E-state index in [1.807, 2.05) is 24.3 Å². The van der Waals surface area contributed by atoms with Crippen LogP contribution in [0.15, 0.2) is 54.9 Å². The molecule has 0 saturated carbocycles. The van der Waals surface area contributed by atoms with Gasteiger partial charge < -0.3 is 5.73 Å². The van der Waals surface area contributed by atoms with Crippen molar-refractivity contribution < 1.29 is 4.39 Å². The molecule has 4 heteroatoms. The first-order chi connectivity index (χ1) is 9.24. The largest absolute Gasteiger partial charge is 0.320 e. The molecular formula is C15H12FN3. The Morgan fingerprint density at radius 3 is 2.42 bits per heavy atom. The van der Waals surface area contributed by atoms with Crippen LogP contribution in [0, 0.1) is 5.82 Å². The summed E-state index contributed by atoms with van der Waals surface area (Å²) < 4.78 is 13.2. The molecule has 1 unspecified atom stereocenters. The van der Waals surface area contributed by atoms with Gasteiger partial charge in [0.25, 0.3) is 0 Å². The summed E-state index contributed by atoms with van der Waals surface area (Å²) in [6.07, 6.45) is 3.29. The first-order valence-corrected chi connectivity index (χ1v) is 5.96. The molecule has 94 valence electrons. The van der Waals surface area contributed by atoms with E-state index in [1.54, 1.807) is 18.5 Å². The maximum Gasteiger partial charge on any atom is 0.123 e. The normalized spacial score (nSPS) is 12.5. The molecule has 0 amide bonds. The minimum atomic E-state index is -0.373. The highest BCUT2D eigenvalue weighted by Gasteiger charge is 2.10. The van der Waals surface area contributed by atoms with E-state index in [-0.39, 0.29) is 11.9 Å². The average Bonchev–Trinajstić information content (AvgIpc) is 2.46. The zero-order chi connectivity index (χ0) is 13.2. The van der Waals surface area contributed by atoms with E-state index in [0.29, 0.717) is 0 Å². The average molecular weight is 253 g/mol. The van der Waals surface area contributed by atoms with Crippen LogP contribution in [0.2, 0.25) is 0 Å². The number of fused-ring (bicyclic) bond motifs is 1. The molecule has 0 bridgehead atoms. The van der Waals surface area contributed by atoms with E-state index < -0.39 is 0 Å². The molecule has 3 rings (SSSR count). The summed E-state index contributed by atoms with van der Waals surface area (Å²) in [6.45, 7) is 0. The second-order valence-corrected chi connectivity index (χ2v) is 4.34. The minimum absolute atomic E-state index is 0.284. The summed E-state index contributed by atoms with van der Waals surface area (Å²) in [7, 11) is 0. The highest BCUT2D eigenvalue weighted by Crippen LogP contribution is 2.22. The highest BCUT2D eigenvalue weighted by molar-refractivity contribution is 5.74. The van der Waals surface area contributed by atoms with Gasteiger partial charge in [0, 0.05) is 12.4 Å². The topological polar surface area (TPSA) is 51.8 Å². The minimum Gasteiger partial charge on any atom is -0.320 e. The zero-order valence-corrected chi connectivity index (χ0v) is 10.1. The van der Waals surface area contributed by atoms with Gasteiger partial charge in [-0.15, -0.1) is 0 Å². The van der Waals surface area contributed by atoms with Crippen LogP contribution in [0.5, 0.6) is 0 Å². The third-order valence-corrected chi connectivity index (χ3v) is 3.06. The van der Waals surface area contributed by atoms with Crippen molar-refractivity contribution in [1.29, 1.82) is 0 Å². The molecule has 19 heavy (non-hydrogen) atoms. The molecule has 0 spiro atoms. The zero-order valence-electron chi connectivity index (χ0n) is 10.1. The molecule has 0 fully saturated rings. The van der Waals surface area contributed by atoms with Crippen LogP contribution < -0.4 is 5.73 Å². The van der Waals surface area contributed by atoms with Crippen molar-refractivity contribution in [2.24, 2.45) is 5.73 Å². The molecule has 1 aromatic heterocycles. The van der Waals surface area contributed by atoms with Gasteiger partial charge in [-0.2, -0.15) is 0 Å². The standard InChI is InChI=1S/C15H12FN3/c16-12-3-1-2-10(8-12)15(17)11-4-5-13-14(9-11)19-7-6-18-13/h1-9,15H,17H2. The van der Waals surface area contributed by atoms with Crippen molar-refractivity contribution in [3.05, 3.63) is 71.8 Å². The van der Waals surface area contributed by atoms with E-state index in [9.17, 15) is 4.39 Å². The number of hydrogen-bond acceptors (Lipinski definition) is 3. The number of benzene rings is 2. The lowest BCUT2D eigenvalue weighted by Crippen LogP contribution is -2.12. The Morgan fingerprint density at radius 2 is 1.63 bits per heavy atom. The molecule has 0 aliphatic carbocycles. The molecular weight excluding hydrogens is 241 g/mol. The fourth-order valence-electron chi connectivity index (χ4n) is 2.07. The third kappa shape index (κ3) is 2.30. The molecule has 1 heterocycles. The second-order valence-electron chi connectivity index (χ2n) is 4.34. The second kappa shape index (κ2) is 4.74. The Hall–Kier alpha value is -2.33. The number of aromatic nitrogens is 2. The van der Waals surface area contributed by atoms with Crippen molar-refractivity contribution in [2.45, 2.75) is 6.04 Å². The molecule has 2 N–H and O–H groups in total. The molecule has 0 saturated heterocycles. The first kappa shape index (κ1) is 11.7. The molecule has 0 aliphatic heterocycles. The first-order valence-electron chi connectivity index (χ1n) is 5.96. The smallest absolute Gasteiger partial charge is 0.123 e. The maximum absolute atomic E-state index is 13.2. The van der Waals surface area contributed by atoms with Crippen LogP contribution in [-0.4, -0.2) is 9.97 Å². The predicted molar refractivity (Wildman–Crippen MR) is 72.0 cm³/mol. The summed E-state index contributed by atoms with van der Waals surface area (Å²) in [4.78, 5) is 8.45. The summed E-state index contributed by atoms with van der Waals surface area (Å²) in [5, 5.41) is 0. The van der Waals surface area contributed by atoms with Gasteiger partial charge in [0.15, 0.2) is 0 Å². The summed E-state index contributed by atoms with van der Waals surface area (Å²) >= 11 is 0. The molecule has 1 atom stereocenters. The van der Waals surface area contributed by atoms with E-state index in [4.69, 9.17) is 5.73 Å². The van der Waals surface area contributed by atoms with E-state index in [2.05, 4.69) is 9.97 Å². The van der Waals surface area contributed by atoms with Crippen molar-refractivity contribution in [3.63, 3.8) is 0 Å². The molecule has 2 aromatic carbocycles. The number of halogens is 1. The van der Waals surface area contributed by atoms with Gasteiger partial charge in [-0.3, -0.25) is 9.97 Å². The Balaban J connectivity index is 2.04. The predicted octanol–water partition coefficient (Wildman–Crippen LogP) is 2.82. The van der Waals surface area contributed by atoms with E-state index in [0.717, 1.165) is 22.2 Å². The lowest BCUT2D eigenvalue weighted by molar-refractivity contribution is 0.623. The SMILES string of the molecule is NC(c1cccc(F)c1)c1ccc2nccnc2c1. The summed E-state index contributed by atoms with van der Waals surface area (Å²) in [6, 6.07) is 11.6. The number of hydrogen-bond donors (Lipinski definition) is 1. The van der Waals surface area contributed by atoms with Crippen LogP contribution in [0.25, 0.3) is 11.0 Å². The Bertz CT molecular complexity index is 727. The number of nitrogens with two attached hydrogens (primary N) is 1. The van der Waals surface area contributed by atoms with E-state index >= 15 is 0 Å². The van der Waals surface area contributed by atoms with Gasteiger partial charge in [-0.25, -0.2) is 4.39 Å². The van der Waals surface area contributed by atoms with Gasteiger partial charge >= 0.3 is 0 Å². The van der Waals surface area contributed by atoms with Crippen LogP contribution >= 0.6 is 0 Å². The van der Waals surface area contributed by atoms with Crippen LogP contribution in [0.3, 0.4) is 0 Å². The lowest BCUT2D eigenvalue weighted by Gasteiger charge is -2.13. The van der Waals surface area contributed by atoms with Gasteiger partial charge in [0.1, 0.15) is 5.82 Å². The van der Waals surface area contributed by atoms with Gasteiger partial charge in [0.2, 0.25) is 0 Å². The summed E-state index contributed by atoms with van der Waals surface area (Å²) in [5.74, 6) is -0.284. The van der Waals surface area contributed by atoms with Gasteiger partial charge in [-0.1, -0.05) is 18.2 Å². The molecule has 0 aliphatic rings. The van der Waals surface area contributed by atoms with Gasteiger partial charge in [-0.05, 0) is 35.4 Å². The van der Waals surface area contributed by atoms with Gasteiger partial charge in [0.05, 0.1) is 17.1 Å².